The molecule has 2 N–H and O–H groups in total. The molecule has 0 saturated carbocycles. The topological polar surface area (TPSA) is 59.0 Å². The van der Waals surface area contributed by atoms with E-state index in [2.05, 4.69) is 6.07 Å². The van der Waals surface area contributed by atoms with Gasteiger partial charge in [-0.25, -0.2) is 0 Å². The molecule has 0 bridgehead atoms. The van der Waals surface area contributed by atoms with Crippen molar-refractivity contribution in [2.24, 2.45) is 5.41 Å². The summed E-state index contributed by atoms with van der Waals surface area (Å²) in [6.07, 6.45) is 0.706. The lowest BCUT2D eigenvalue weighted by Crippen LogP contribution is -2.14. The van der Waals surface area contributed by atoms with Gasteiger partial charge in [0, 0.05) is 11.3 Å². The number of benzene rings is 1. The molecule has 0 atom stereocenters. The molecule has 1 rings (SSSR count). The van der Waals surface area contributed by atoms with Crippen LogP contribution in [0.5, 0.6) is 5.75 Å². The minimum atomic E-state index is -0.345. The van der Waals surface area contributed by atoms with Crippen molar-refractivity contribution in [2.75, 3.05) is 12.3 Å². The first-order chi connectivity index (χ1) is 7.87. The van der Waals surface area contributed by atoms with Gasteiger partial charge >= 0.3 is 0 Å². The van der Waals surface area contributed by atoms with Gasteiger partial charge in [0.15, 0.2) is 0 Å². The number of ether oxygens (including phenoxy) is 1. The van der Waals surface area contributed by atoms with Crippen LogP contribution in [0.4, 0.5) is 5.69 Å². The quantitative estimate of drug-likeness (QED) is 0.811. The van der Waals surface area contributed by atoms with Crippen molar-refractivity contribution in [3.63, 3.8) is 0 Å². The molecule has 0 radical (unpaired) electrons. The Morgan fingerprint density at radius 1 is 1.35 bits per heavy atom. The fourth-order valence-corrected chi connectivity index (χ4v) is 1.53. The minimum Gasteiger partial charge on any atom is -0.493 e. The second-order valence-corrected chi connectivity index (χ2v) is 5.02. The number of nitrogens with two attached hydrogens (primary N) is 1. The van der Waals surface area contributed by atoms with Gasteiger partial charge in [-0.05, 0) is 45.7 Å². The van der Waals surface area contributed by atoms with Crippen LogP contribution in [0.1, 0.15) is 31.4 Å². The average Bonchev–Trinajstić information content (AvgIpc) is 2.28. The SMILES string of the molecule is Cc1ccc(N)c(C)c1OCCC(C)(C)C#N. The summed E-state index contributed by atoms with van der Waals surface area (Å²) in [5, 5.41) is 8.92. The molecule has 17 heavy (non-hydrogen) atoms. The highest BCUT2D eigenvalue weighted by molar-refractivity contribution is 5.56. The third kappa shape index (κ3) is 3.39. The maximum absolute atomic E-state index is 8.92. The lowest BCUT2D eigenvalue weighted by Gasteiger charge is -2.18. The van der Waals surface area contributed by atoms with Crippen LogP contribution in [0.3, 0.4) is 0 Å². The molecule has 0 amide bonds. The summed E-state index contributed by atoms with van der Waals surface area (Å²) in [4.78, 5) is 0. The summed E-state index contributed by atoms with van der Waals surface area (Å²) in [6.45, 7) is 8.31. The van der Waals surface area contributed by atoms with Gasteiger partial charge < -0.3 is 10.5 Å². The van der Waals surface area contributed by atoms with Gasteiger partial charge in [0.25, 0.3) is 0 Å². The monoisotopic (exact) mass is 232 g/mol. The Balaban J connectivity index is 2.71. The van der Waals surface area contributed by atoms with E-state index in [-0.39, 0.29) is 5.41 Å². The van der Waals surface area contributed by atoms with E-state index in [9.17, 15) is 0 Å². The van der Waals surface area contributed by atoms with E-state index in [1.807, 2.05) is 39.8 Å². The minimum absolute atomic E-state index is 0.345. The van der Waals surface area contributed by atoms with Crippen LogP contribution in [-0.2, 0) is 0 Å². The fourth-order valence-electron chi connectivity index (χ4n) is 1.53. The summed E-state index contributed by atoms with van der Waals surface area (Å²) in [7, 11) is 0. The third-order valence-corrected chi connectivity index (χ3v) is 2.92. The summed E-state index contributed by atoms with van der Waals surface area (Å²) in [6, 6.07) is 6.10. The molecule has 1 aromatic rings. The first-order valence-electron chi connectivity index (χ1n) is 5.77. The van der Waals surface area contributed by atoms with E-state index in [0.717, 1.165) is 22.6 Å². The summed E-state index contributed by atoms with van der Waals surface area (Å²) < 4.78 is 5.75. The molecule has 0 aliphatic carbocycles. The second kappa shape index (κ2) is 5.09. The van der Waals surface area contributed by atoms with Gasteiger partial charge in [-0.3, -0.25) is 0 Å². The molecule has 0 spiro atoms. The second-order valence-electron chi connectivity index (χ2n) is 5.02. The fraction of sp³-hybridized carbons (Fsp3) is 0.500. The van der Waals surface area contributed by atoms with Gasteiger partial charge in [0.2, 0.25) is 0 Å². The lowest BCUT2D eigenvalue weighted by atomic mass is 9.92. The highest BCUT2D eigenvalue weighted by atomic mass is 16.5. The Kier molecular flexibility index (Phi) is 4.01. The van der Waals surface area contributed by atoms with Crippen LogP contribution in [0.25, 0.3) is 0 Å². The zero-order valence-corrected chi connectivity index (χ0v) is 11.0. The average molecular weight is 232 g/mol. The number of hydrogen-bond donors (Lipinski definition) is 1. The Morgan fingerprint density at radius 2 is 2.00 bits per heavy atom. The number of nitriles is 1. The maximum atomic E-state index is 8.92. The molecule has 0 heterocycles. The summed E-state index contributed by atoms with van der Waals surface area (Å²) in [5.41, 5.74) is 8.28. The van der Waals surface area contributed by atoms with Crippen LogP contribution >= 0.6 is 0 Å². The van der Waals surface area contributed by atoms with Crippen LogP contribution in [0, 0.1) is 30.6 Å². The van der Waals surface area contributed by atoms with E-state index >= 15 is 0 Å². The summed E-state index contributed by atoms with van der Waals surface area (Å²) >= 11 is 0. The highest BCUT2D eigenvalue weighted by Gasteiger charge is 2.17. The van der Waals surface area contributed by atoms with Gasteiger partial charge in [-0.15, -0.1) is 0 Å². The zero-order valence-electron chi connectivity index (χ0n) is 11.0. The van der Waals surface area contributed by atoms with Crippen LogP contribution in [0.15, 0.2) is 12.1 Å². The van der Waals surface area contributed by atoms with Gasteiger partial charge in [-0.1, -0.05) is 6.07 Å². The van der Waals surface area contributed by atoms with E-state index < -0.39 is 0 Å². The molecule has 0 aliphatic heterocycles. The van der Waals surface area contributed by atoms with Crippen molar-refractivity contribution < 1.29 is 4.74 Å². The molecule has 0 unspecified atom stereocenters. The molecule has 0 saturated heterocycles. The number of rotatable bonds is 4. The van der Waals surface area contributed by atoms with E-state index in [4.69, 9.17) is 15.7 Å². The number of anilines is 1. The largest absolute Gasteiger partial charge is 0.493 e. The van der Waals surface area contributed by atoms with E-state index in [1.54, 1.807) is 0 Å². The number of nitrogen functional groups attached to an aromatic ring is 1. The standard InChI is InChI=1S/C14H20N2O/c1-10-5-6-12(16)11(2)13(10)17-8-7-14(3,4)9-15/h5-6H,7-8,16H2,1-4H3. The van der Waals surface area contributed by atoms with Gasteiger partial charge in [0.05, 0.1) is 18.1 Å². The first kappa shape index (κ1) is 13.4. The Morgan fingerprint density at radius 3 is 2.59 bits per heavy atom. The number of aryl methyl sites for hydroxylation is 1. The van der Waals surface area contributed by atoms with Crippen molar-refractivity contribution in [2.45, 2.75) is 34.1 Å². The Bertz CT molecular complexity index is 444. The molecule has 92 valence electrons. The van der Waals surface area contributed by atoms with Crippen LogP contribution in [-0.4, -0.2) is 6.61 Å². The van der Waals surface area contributed by atoms with Crippen molar-refractivity contribution in [3.05, 3.63) is 23.3 Å². The van der Waals surface area contributed by atoms with Crippen LogP contribution in [0.2, 0.25) is 0 Å². The van der Waals surface area contributed by atoms with Crippen molar-refractivity contribution in [1.29, 1.82) is 5.26 Å². The maximum Gasteiger partial charge on any atom is 0.127 e. The Hall–Kier alpha value is -1.69. The molecular formula is C14H20N2O. The normalized spacial score (nSPS) is 11.0. The smallest absolute Gasteiger partial charge is 0.127 e. The van der Waals surface area contributed by atoms with Crippen molar-refractivity contribution in [1.82, 2.24) is 0 Å². The van der Waals surface area contributed by atoms with Crippen molar-refractivity contribution >= 4 is 5.69 Å². The molecule has 0 aromatic heterocycles. The zero-order chi connectivity index (χ0) is 13.1. The molecule has 3 heteroatoms. The molecule has 0 aliphatic rings. The van der Waals surface area contributed by atoms with Gasteiger partial charge in [-0.2, -0.15) is 5.26 Å². The van der Waals surface area contributed by atoms with Gasteiger partial charge in [0.1, 0.15) is 5.75 Å². The third-order valence-electron chi connectivity index (χ3n) is 2.92. The molecule has 1 aromatic carbocycles. The van der Waals surface area contributed by atoms with E-state index in [1.165, 1.54) is 0 Å². The molecule has 3 nitrogen and oxygen atoms in total. The predicted octanol–water partition coefficient (Wildman–Crippen LogP) is 3.20. The lowest BCUT2D eigenvalue weighted by molar-refractivity contribution is 0.262. The highest BCUT2D eigenvalue weighted by Crippen LogP contribution is 2.28. The van der Waals surface area contributed by atoms with E-state index in [0.29, 0.717) is 13.0 Å². The number of nitrogens with zero attached hydrogens (tertiary/aromatic N) is 1. The predicted molar refractivity (Wildman–Crippen MR) is 69.8 cm³/mol. The Labute approximate surface area is 103 Å². The summed E-state index contributed by atoms with van der Waals surface area (Å²) in [5.74, 6) is 0.846. The molecular weight excluding hydrogens is 212 g/mol. The van der Waals surface area contributed by atoms with Crippen LogP contribution < -0.4 is 10.5 Å². The molecule has 0 fully saturated rings. The number of hydrogen-bond acceptors (Lipinski definition) is 3. The van der Waals surface area contributed by atoms with Crippen molar-refractivity contribution in [3.8, 4) is 11.8 Å². The first-order valence-corrected chi connectivity index (χ1v) is 5.77.